The number of unbranched alkanes of at least 4 members (excludes halogenated alkanes) is 3. The van der Waals surface area contributed by atoms with E-state index in [1.165, 1.54) is 51.8 Å². The van der Waals surface area contributed by atoms with Gasteiger partial charge in [0.25, 0.3) is 0 Å². The zero-order valence-corrected chi connectivity index (χ0v) is 19.4. The van der Waals surface area contributed by atoms with Gasteiger partial charge in [-0.05, 0) is 0 Å². The first-order valence-electron chi connectivity index (χ1n) is 10.3. The molecule has 2 aliphatic heterocycles. The molecule has 148 valence electrons. The van der Waals surface area contributed by atoms with Crippen LogP contribution < -0.4 is 0 Å². The van der Waals surface area contributed by atoms with Gasteiger partial charge in [0.1, 0.15) is 0 Å². The molecule has 0 aliphatic carbocycles. The van der Waals surface area contributed by atoms with Crippen LogP contribution >= 0.6 is 0 Å². The van der Waals surface area contributed by atoms with Crippen molar-refractivity contribution in [3.63, 3.8) is 0 Å². The van der Waals surface area contributed by atoms with Gasteiger partial charge < -0.3 is 0 Å². The van der Waals surface area contributed by atoms with Gasteiger partial charge in [0.15, 0.2) is 0 Å². The Balaban J connectivity index is 2.13. The van der Waals surface area contributed by atoms with E-state index < -0.39 is 31.2 Å². The zero-order chi connectivity index (χ0) is 18.3. The summed E-state index contributed by atoms with van der Waals surface area (Å²) in [4.78, 5) is 0. The fourth-order valence-electron chi connectivity index (χ4n) is 4.10. The molecule has 6 heteroatoms. The van der Waals surface area contributed by atoms with Crippen molar-refractivity contribution in [2.24, 2.45) is 0 Å². The molecule has 0 radical (unpaired) electrons. The summed E-state index contributed by atoms with van der Waals surface area (Å²) >= 11 is -2.75. The van der Waals surface area contributed by atoms with Gasteiger partial charge in [0.2, 0.25) is 0 Å². The Morgan fingerprint density at radius 3 is 2.04 bits per heavy atom. The van der Waals surface area contributed by atoms with Crippen LogP contribution in [0.5, 0.6) is 0 Å². The first kappa shape index (κ1) is 21.9. The maximum atomic E-state index is 10.5. The average Bonchev–Trinajstić information content (AvgIpc) is 2.93. The third kappa shape index (κ3) is 5.54. The molecule has 25 heavy (non-hydrogen) atoms. The summed E-state index contributed by atoms with van der Waals surface area (Å²) in [6.07, 6.45) is 5.58. The molecule has 2 bridgehead atoms. The molecule has 2 rings (SSSR count). The van der Waals surface area contributed by atoms with Crippen molar-refractivity contribution < 1.29 is 22.4 Å². The number of aliphatic hydroxyl groups is 1. The van der Waals surface area contributed by atoms with Crippen molar-refractivity contribution >= 4 is 18.8 Å². The normalized spacial score (nSPS) is 32.3. The third-order valence-electron chi connectivity index (χ3n) is 5.64. The van der Waals surface area contributed by atoms with Gasteiger partial charge in [-0.3, -0.25) is 0 Å². The van der Waals surface area contributed by atoms with Gasteiger partial charge in [-0.15, -0.1) is 0 Å². The molecule has 0 unspecified atom stereocenters. The predicted octanol–water partition coefficient (Wildman–Crippen LogP) is 3.85. The SMILES string of the molecule is CCC[CH2][Sn]([CH2]CCC)([CH2]CCC)[O][C@@H]1[C@@H]2OC[C@H]1O[C@H](OC)[C@@H]2O. The first-order chi connectivity index (χ1) is 12.1. The van der Waals surface area contributed by atoms with Gasteiger partial charge in [-0.25, -0.2) is 0 Å². The van der Waals surface area contributed by atoms with E-state index >= 15 is 0 Å². The Morgan fingerprint density at radius 1 is 1.00 bits per heavy atom. The number of rotatable bonds is 12. The molecule has 5 nitrogen and oxygen atoms in total. The molecule has 2 heterocycles. The van der Waals surface area contributed by atoms with E-state index in [9.17, 15) is 5.11 Å². The topological polar surface area (TPSA) is 57.2 Å². The standard InChI is InChI=1S/C7H11O5.3C4H9.Sn/c1-10-7-5(9)6-4(8)3(12-7)2-11-6;3*1-3-4-2;/h3-7,9H,2H2,1H3;3*1,3-4H2,2H3;/q-1;;;;+1/t3-,4+,5-,6+,7+;;;;/m1..../s1. The second-order valence-corrected chi connectivity index (χ2v) is 19.4. The third-order valence-corrected chi connectivity index (χ3v) is 18.7. The Bertz CT molecular complexity index is 359. The Kier molecular flexibility index (Phi) is 9.47. The van der Waals surface area contributed by atoms with Crippen molar-refractivity contribution in [3.05, 3.63) is 0 Å². The second-order valence-electron chi connectivity index (χ2n) is 7.64. The first-order valence-corrected chi connectivity index (χ1v) is 17.5. The van der Waals surface area contributed by atoms with Gasteiger partial charge in [-0.2, -0.15) is 0 Å². The number of hydrogen-bond donors (Lipinski definition) is 1. The predicted molar refractivity (Wildman–Crippen MR) is 101 cm³/mol. The number of ether oxygens (including phenoxy) is 3. The van der Waals surface area contributed by atoms with Crippen LogP contribution in [0.15, 0.2) is 0 Å². The summed E-state index contributed by atoms with van der Waals surface area (Å²) < 4.78 is 27.9. The van der Waals surface area contributed by atoms with Crippen molar-refractivity contribution in [1.82, 2.24) is 0 Å². The minimum atomic E-state index is -2.75. The fraction of sp³-hybridized carbons (Fsp3) is 1.00. The summed E-state index contributed by atoms with van der Waals surface area (Å²) in [5, 5.41) is 10.5. The molecule has 2 aliphatic rings. The summed E-state index contributed by atoms with van der Waals surface area (Å²) in [5.41, 5.74) is 0. The molecule has 0 aromatic carbocycles. The van der Waals surface area contributed by atoms with Crippen LogP contribution in [0, 0.1) is 0 Å². The second kappa shape index (κ2) is 10.8. The Hall–Kier alpha value is 0.599. The molecular formula is C19H38O5Sn. The van der Waals surface area contributed by atoms with Crippen LogP contribution in [0.4, 0.5) is 0 Å². The molecule has 0 aromatic heterocycles. The summed E-state index contributed by atoms with van der Waals surface area (Å²) in [6.45, 7) is 7.29. The molecule has 5 atom stereocenters. The van der Waals surface area contributed by atoms with Crippen LogP contribution in [-0.4, -0.2) is 68.3 Å². The van der Waals surface area contributed by atoms with Crippen molar-refractivity contribution in [3.8, 4) is 0 Å². The van der Waals surface area contributed by atoms with E-state index in [2.05, 4.69) is 20.8 Å². The van der Waals surface area contributed by atoms with E-state index in [1.807, 2.05) is 0 Å². The van der Waals surface area contributed by atoms with Gasteiger partial charge in [0.05, 0.1) is 0 Å². The van der Waals surface area contributed by atoms with Crippen molar-refractivity contribution in [1.29, 1.82) is 0 Å². The minimum absolute atomic E-state index is 0.0979. The van der Waals surface area contributed by atoms with Crippen LogP contribution in [0.1, 0.15) is 59.3 Å². The van der Waals surface area contributed by atoms with Crippen molar-refractivity contribution in [2.45, 2.75) is 103 Å². The molecule has 0 amide bonds. The summed E-state index contributed by atoms with van der Waals surface area (Å²) in [5.74, 6) is 0. The van der Waals surface area contributed by atoms with E-state index in [0.29, 0.717) is 6.61 Å². The van der Waals surface area contributed by atoms with Crippen LogP contribution in [0.25, 0.3) is 0 Å². The molecule has 0 spiro atoms. The summed E-state index contributed by atoms with van der Waals surface area (Å²) in [7, 11) is 1.57. The Labute approximate surface area is 158 Å². The van der Waals surface area contributed by atoms with E-state index in [-0.39, 0.29) is 18.3 Å². The zero-order valence-electron chi connectivity index (χ0n) is 16.5. The fourth-order valence-corrected chi connectivity index (χ4v) is 18.3. The van der Waals surface area contributed by atoms with E-state index in [0.717, 1.165) is 0 Å². The molecule has 2 saturated heterocycles. The number of fused-ring (bicyclic) bond motifs is 2. The quantitative estimate of drug-likeness (QED) is 0.444. The molecule has 2 fully saturated rings. The average molecular weight is 465 g/mol. The molecule has 1 N–H and O–H groups in total. The molecule has 0 aromatic rings. The molecular weight excluding hydrogens is 427 g/mol. The number of aliphatic hydroxyl groups excluding tert-OH is 1. The van der Waals surface area contributed by atoms with Crippen LogP contribution in [-0.2, 0) is 17.3 Å². The summed E-state index contributed by atoms with van der Waals surface area (Å²) in [6, 6.07) is 0. The van der Waals surface area contributed by atoms with Gasteiger partial charge in [0, 0.05) is 0 Å². The maximum absolute atomic E-state index is 10.5. The monoisotopic (exact) mass is 466 g/mol. The molecule has 0 saturated carbocycles. The Morgan fingerprint density at radius 2 is 1.56 bits per heavy atom. The van der Waals surface area contributed by atoms with E-state index in [4.69, 9.17) is 17.3 Å². The van der Waals surface area contributed by atoms with Crippen LogP contribution in [0.2, 0.25) is 13.3 Å². The van der Waals surface area contributed by atoms with Gasteiger partial charge >= 0.3 is 158 Å². The van der Waals surface area contributed by atoms with Crippen molar-refractivity contribution in [2.75, 3.05) is 13.7 Å². The van der Waals surface area contributed by atoms with Gasteiger partial charge in [-0.1, -0.05) is 0 Å². The van der Waals surface area contributed by atoms with E-state index in [1.54, 1.807) is 7.11 Å². The van der Waals surface area contributed by atoms with Crippen LogP contribution in [0.3, 0.4) is 0 Å². The number of hydrogen-bond acceptors (Lipinski definition) is 5. The number of methoxy groups -OCH3 is 1.